The first-order valence-electron chi connectivity index (χ1n) is 8.16. The minimum atomic E-state index is -0.728. The quantitative estimate of drug-likeness (QED) is 0.347. The molecule has 29 heavy (non-hydrogen) atoms. The summed E-state index contributed by atoms with van der Waals surface area (Å²) in [6.07, 6.45) is 0. The minimum absolute atomic E-state index is 0.0165. The Morgan fingerprint density at radius 3 is 1.76 bits per heavy atom. The second kappa shape index (κ2) is 8.00. The highest BCUT2D eigenvalue weighted by molar-refractivity contribution is 5.74. The maximum atomic E-state index is 11.4. The molecule has 0 aliphatic heterocycles. The average Bonchev–Trinajstić information content (AvgIpc) is 2.72. The first-order chi connectivity index (χ1) is 13.9. The number of nitro benzene ring substituents is 3. The number of hydrogen-bond donors (Lipinski definition) is 1. The van der Waals surface area contributed by atoms with E-state index in [1.54, 1.807) is 30.3 Å². The molecule has 0 saturated heterocycles. The standard InChI is InChI=1S/C18H13N5O6/c24-21(25)15-8-6-14(7-9-15)20(13-4-2-1-3-5-13)19-17-11-10-16(22(26)27)12-18(17)23(28)29/h1-12,19H/i21+1. The van der Waals surface area contributed by atoms with Crippen LogP contribution in [-0.4, -0.2) is 14.8 Å². The monoisotopic (exact) mass is 396 g/mol. The fraction of sp³-hybridized carbons (Fsp3) is 0. The Balaban J connectivity index is 2.05. The number of nitro groups is 3. The summed E-state index contributed by atoms with van der Waals surface area (Å²) in [7, 11) is 0. The average molecular weight is 396 g/mol. The minimum Gasteiger partial charge on any atom is -0.287 e. The van der Waals surface area contributed by atoms with Gasteiger partial charge in [0.25, 0.3) is 11.4 Å². The summed E-state index contributed by atoms with van der Waals surface area (Å²) in [5.41, 5.74) is 2.95. The Hall–Kier alpha value is -4.54. The van der Waals surface area contributed by atoms with Crippen molar-refractivity contribution in [1.29, 1.82) is 0 Å². The van der Waals surface area contributed by atoms with Crippen molar-refractivity contribution in [1.82, 2.24) is 0 Å². The fourth-order valence-corrected chi connectivity index (χ4v) is 2.58. The zero-order chi connectivity index (χ0) is 21.0. The van der Waals surface area contributed by atoms with Gasteiger partial charge >= 0.3 is 5.69 Å². The van der Waals surface area contributed by atoms with Crippen LogP contribution in [0.2, 0.25) is 0 Å². The second-order valence-corrected chi connectivity index (χ2v) is 5.77. The summed E-state index contributed by atoms with van der Waals surface area (Å²) >= 11 is 0. The van der Waals surface area contributed by atoms with Crippen LogP contribution in [0.1, 0.15) is 0 Å². The van der Waals surface area contributed by atoms with Crippen molar-refractivity contribution in [3.05, 3.63) is 103 Å². The number of hydrogen-bond acceptors (Lipinski definition) is 8. The molecule has 3 rings (SSSR count). The van der Waals surface area contributed by atoms with E-state index in [0.717, 1.165) is 12.1 Å². The lowest BCUT2D eigenvalue weighted by Gasteiger charge is -2.26. The maximum absolute atomic E-state index is 11.4. The highest BCUT2D eigenvalue weighted by Gasteiger charge is 2.22. The molecule has 1 N–H and O–H groups in total. The number of hydrazine groups is 1. The predicted octanol–water partition coefficient (Wildman–Crippen LogP) is 4.58. The van der Waals surface area contributed by atoms with Gasteiger partial charge in [0.05, 0.1) is 32.2 Å². The normalized spacial score (nSPS) is 10.2. The molecule has 0 aromatic heterocycles. The molecule has 0 unspecified atom stereocenters. The van der Waals surface area contributed by atoms with Gasteiger partial charge in [0.15, 0.2) is 0 Å². The number of rotatable bonds is 7. The molecule has 0 aliphatic rings. The van der Waals surface area contributed by atoms with Crippen LogP contribution in [0, 0.1) is 30.3 Å². The summed E-state index contributed by atoms with van der Waals surface area (Å²) < 4.78 is 0. The Labute approximate surface area is 163 Å². The fourth-order valence-electron chi connectivity index (χ4n) is 2.58. The molecule has 3 aromatic rings. The van der Waals surface area contributed by atoms with Gasteiger partial charge in [-0.25, -0.2) is 0 Å². The zero-order valence-electron chi connectivity index (χ0n) is 14.7. The summed E-state index contributed by atoms with van der Waals surface area (Å²) in [5, 5.41) is 34.7. The SMILES string of the molecule is O=[N+]([O-])c1ccc(NN(c2ccccc2)c2ccc([15N+](=O)[O-])cc2)c([N+](=O)[O-])c1. The third-order valence-electron chi connectivity index (χ3n) is 3.95. The van der Waals surface area contributed by atoms with Crippen molar-refractivity contribution in [3.8, 4) is 0 Å². The van der Waals surface area contributed by atoms with Crippen molar-refractivity contribution >= 4 is 34.1 Å². The molecular weight excluding hydrogens is 383 g/mol. The molecular formula is C18H13N5O6. The summed E-state index contributed by atoms with van der Waals surface area (Å²) in [6, 6.07) is 17.6. The summed E-state index contributed by atoms with van der Waals surface area (Å²) in [6.45, 7) is 0. The first-order valence-corrected chi connectivity index (χ1v) is 8.16. The van der Waals surface area contributed by atoms with E-state index in [1.165, 1.54) is 35.3 Å². The molecule has 0 atom stereocenters. The summed E-state index contributed by atoms with van der Waals surface area (Å²) in [5.74, 6) is 0. The number of nitrogens with one attached hydrogen (secondary N) is 1. The molecule has 0 bridgehead atoms. The lowest BCUT2D eigenvalue weighted by atomic mass is 10.2. The van der Waals surface area contributed by atoms with Gasteiger partial charge in [-0.05, 0) is 30.3 Å². The largest absolute Gasteiger partial charge is 0.300 e. The van der Waals surface area contributed by atoms with Crippen molar-refractivity contribution in [2.75, 3.05) is 10.4 Å². The van der Waals surface area contributed by atoms with Crippen LogP contribution in [0.5, 0.6) is 0 Å². The van der Waals surface area contributed by atoms with Crippen LogP contribution >= 0.6 is 0 Å². The molecule has 0 saturated carbocycles. The Kier molecular flexibility index (Phi) is 5.30. The van der Waals surface area contributed by atoms with Crippen LogP contribution in [0.3, 0.4) is 0 Å². The Morgan fingerprint density at radius 2 is 1.21 bits per heavy atom. The van der Waals surface area contributed by atoms with Crippen molar-refractivity contribution in [3.63, 3.8) is 0 Å². The van der Waals surface area contributed by atoms with Gasteiger partial charge in [-0.1, -0.05) is 18.2 Å². The molecule has 0 spiro atoms. The zero-order valence-corrected chi connectivity index (χ0v) is 14.7. The van der Waals surface area contributed by atoms with Gasteiger partial charge in [0, 0.05) is 18.2 Å². The lowest BCUT2D eigenvalue weighted by Crippen LogP contribution is -2.25. The molecule has 146 valence electrons. The van der Waals surface area contributed by atoms with Gasteiger partial charge < -0.3 is 0 Å². The molecule has 0 heterocycles. The van der Waals surface area contributed by atoms with E-state index in [-0.39, 0.29) is 11.4 Å². The van der Waals surface area contributed by atoms with E-state index in [0.29, 0.717) is 11.4 Å². The number of non-ortho nitro benzene ring substituents is 2. The van der Waals surface area contributed by atoms with E-state index < -0.39 is 26.1 Å². The van der Waals surface area contributed by atoms with Gasteiger partial charge in [0.2, 0.25) is 0 Å². The van der Waals surface area contributed by atoms with Crippen molar-refractivity contribution in [2.45, 2.75) is 0 Å². The molecule has 0 amide bonds. The highest BCUT2D eigenvalue weighted by Crippen LogP contribution is 2.33. The van der Waals surface area contributed by atoms with Crippen molar-refractivity contribution < 1.29 is 14.8 Å². The van der Waals surface area contributed by atoms with Crippen LogP contribution in [-0.2, 0) is 0 Å². The van der Waals surface area contributed by atoms with Crippen molar-refractivity contribution in [2.24, 2.45) is 0 Å². The van der Waals surface area contributed by atoms with E-state index in [9.17, 15) is 30.3 Å². The van der Waals surface area contributed by atoms with Crippen LogP contribution in [0.25, 0.3) is 0 Å². The van der Waals surface area contributed by atoms with E-state index in [1.807, 2.05) is 0 Å². The first kappa shape index (κ1) is 19.2. The molecule has 0 radical (unpaired) electrons. The smallest absolute Gasteiger partial charge is 0.287 e. The molecule has 11 nitrogen and oxygen atoms in total. The molecule has 3 aromatic carbocycles. The van der Waals surface area contributed by atoms with E-state index in [2.05, 4.69) is 5.43 Å². The van der Waals surface area contributed by atoms with Gasteiger partial charge in [0.1, 0.15) is 5.69 Å². The number of anilines is 3. The molecule has 11 heteroatoms. The lowest BCUT2D eigenvalue weighted by molar-refractivity contribution is -0.393. The van der Waals surface area contributed by atoms with Crippen LogP contribution in [0.4, 0.5) is 34.1 Å². The van der Waals surface area contributed by atoms with Crippen LogP contribution < -0.4 is 10.4 Å². The summed E-state index contributed by atoms with van der Waals surface area (Å²) in [4.78, 5) is 31.3. The Morgan fingerprint density at radius 1 is 0.655 bits per heavy atom. The third kappa shape index (κ3) is 4.24. The molecule has 0 aliphatic carbocycles. The highest BCUT2D eigenvalue weighted by atomic mass is 16.9. The second-order valence-electron chi connectivity index (χ2n) is 5.77. The third-order valence-corrected chi connectivity index (χ3v) is 3.95. The van der Waals surface area contributed by atoms with Gasteiger partial charge in [-0.3, -0.25) is 40.8 Å². The van der Waals surface area contributed by atoms with Crippen LogP contribution in [0.15, 0.2) is 72.8 Å². The predicted molar refractivity (Wildman–Crippen MR) is 105 cm³/mol. The topological polar surface area (TPSA) is 145 Å². The molecule has 0 fully saturated rings. The van der Waals surface area contributed by atoms with Gasteiger partial charge in [-0.2, -0.15) is 0 Å². The van der Waals surface area contributed by atoms with E-state index >= 15 is 0 Å². The number of benzene rings is 3. The van der Waals surface area contributed by atoms with Gasteiger partial charge in [-0.15, -0.1) is 0 Å². The Bertz CT molecular complexity index is 1070. The van der Waals surface area contributed by atoms with E-state index in [4.69, 9.17) is 0 Å². The number of para-hydroxylation sites is 1. The number of nitrogens with zero attached hydrogens (tertiary/aromatic N) is 4. The maximum Gasteiger partial charge on any atom is 0.300 e.